The highest BCUT2D eigenvalue weighted by Gasteiger charge is 2.13. The van der Waals surface area contributed by atoms with Gasteiger partial charge in [-0.05, 0) is 35.0 Å². The van der Waals surface area contributed by atoms with Crippen molar-refractivity contribution in [2.24, 2.45) is 0 Å². The van der Waals surface area contributed by atoms with Crippen LogP contribution < -0.4 is 15.2 Å². The van der Waals surface area contributed by atoms with Gasteiger partial charge >= 0.3 is 0 Å². The standard InChI is InChI=1S/C13H14BrN3O2/c1-7-11(14)12(15)17-13(16-7)9-5-4-8(18-2)6-10(9)19-3/h4-6H,1-3H3,(H2,15,16,17). The molecule has 0 saturated heterocycles. The van der Waals surface area contributed by atoms with E-state index >= 15 is 0 Å². The molecular formula is C13H14BrN3O2. The van der Waals surface area contributed by atoms with Crippen LogP contribution >= 0.6 is 15.9 Å². The summed E-state index contributed by atoms with van der Waals surface area (Å²) < 4.78 is 11.2. The van der Waals surface area contributed by atoms with Crippen molar-refractivity contribution in [3.05, 3.63) is 28.4 Å². The van der Waals surface area contributed by atoms with Crippen LogP contribution in [0.1, 0.15) is 5.69 Å². The summed E-state index contributed by atoms with van der Waals surface area (Å²) in [5.41, 5.74) is 7.39. The Labute approximate surface area is 119 Å². The molecule has 19 heavy (non-hydrogen) atoms. The Morgan fingerprint density at radius 1 is 1.16 bits per heavy atom. The van der Waals surface area contributed by atoms with Gasteiger partial charge in [-0.25, -0.2) is 9.97 Å². The Morgan fingerprint density at radius 2 is 1.89 bits per heavy atom. The van der Waals surface area contributed by atoms with Gasteiger partial charge in [-0.3, -0.25) is 0 Å². The number of nitrogens with two attached hydrogens (primary N) is 1. The predicted molar refractivity (Wildman–Crippen MR) is 77.4 cm³/mol. The summed E-state index contributed by atoms with van der Waals surface area (Å²) in [7, 11) is 3.19. The van der Waals surface area contributed by atoms with Crippen LogP contribution in [0.3, 0.4) is 0 Å². The van der Waals surface area contributed by atoms with Crippen LogP contribution in [0.15, 0.2) is 22.7 Å². The molecule has 2 rings (SSSR count). The summed E-state index contributed by atoms with van der Waals surface area (Å²) in [5, 5.41) is 0. The van der Waals surface area contributed by atoms with Gasteiger partial charge in [-0.15, -0.1) is 0 Å². The maximum Gasteiger partial charge on any atom is 0.165 e. The number of nitrogen functional groups attached to an aromatic ring is 1. The molecule has 1 aromatic carbocycles. The van der Waals surface area contributed by atoms with Crippen molar-refractivity contribution in [1.82, 2.24) is 9.97 Å². The Hall–Kier alpha value is -1.82. The smallest absolute Gasteiger partial charge is 0.165 e. The van der Waals surface area contributed by atoms with Crippen molar-refractivity contribution >= 4 is 21.7 Å². The lowest BCUT2D eigenvalue weighted by molar-refractivity contribution is 0.395. The molecule has 0 atom stereocenters. The number of methoxy groups -OCH3 is 2. The zero-order valence-electron chi connectivity index (χ0n) is 10.9. The first kappa shape index (κ1) is 13.6. The van der Waals surface area contributed by atoms with Crippen molar-refractivity contribution in [3.8, 4) is 22.9 Å². The van der Waals surface area contributed by atoms with Crippen molar-refractivity contribution in [1.29, 1.82) is 0 Å². The average Bonchev–Trinajstić information content (AvgIpc) is 2.43. The van der Waals surface area contributed by atoms with Gasteiger partial charge in [0.15, 0.2) is 5.82 Å². The van der Waals surface area contributed by atoms with Crippen LogP contribution in [-0.4, -0.2) is 24.2 Å². The van der Waals surface area contributed by atoms with Crippen molar-refractivity contribution < 1.29 is 9.47 Å². The molecule has 6 heteroatoms. The number of hydrogen-bond acceptors (Lipinski definition) is 5. The fourth-order valence-corrected chi connectivity index (χ4v) is 1.86. The fourth-order valence-electron chi connectivity index (χ4n) is 1.69. The highest BCUT2D eigenvalue weighted by Crippen LogP contribution is 2.33. The molecule has 2 aromatic rings. The molecule has 0 fully saturated rings. The number of rotatable bonds is 3. The third kappa shape index (κ3) is 2.63. The van der Waals surface area contributed by atoms with Crippen molar-refractivity contribution in [3.63, 3.8) is 0 Å². The van der Waals surface area contributed by atoms with Crippen LogP contribution in [0.25, 0.3) is 11.4 Å². The summed E-state index contributed by atoms with van der Waals surface area (Å²) >= 11 is 3.34. The molecule has 0 aliphatic carbocycles. The number of aromatic nitrogens is 2. The number of aryl methyl sites for hydroxylation is 1. The maximum absolute atomic E-state index is 5.84. The lowest BCUT2D eigenvalue weighted by Gasteiger charge is -2.11. The second-order valence-electron chi connectivity index (χ2n) is 3.90. The highest BCUT2D eigenvalue weighted by atomic mass is 79.9. The molecule has 0 saturated carbocycles. The van der Waals surface area contributed by atoms with E-state index in [9.17, 15) is 0 Å². The molecule has 100 valence electrons. The Morgan fingerprint density at radius 3 is 2.47 bits per heavy atom. The number of ether oxygens (including phenoxy) is 2. The third-order valence-electron chi connectivity index (χ3n) is 2.69. The number of anilines is 1. The van der Waals surface area contributed by atoms with Gasteiger partial charge in [0.2, 0.25) is 0 Å². The number of hydrogen-bond donors (Lipinski definition) is 1. The van der Waals surface area contributed by atoms with E-state index in [1.165, 1.54) is 0 Å². The van der Waals surface area contributed by atoms with Gasteiger partial charge in [0, 0.05) is 6.07 Å². The van der Waals surface area contributed by atoms with Gasteiger partial charge in [-0.1, -0.05) is 0 Å². The van der Waals surface area contributed by atoms with E-state index in [1.54, 1.807) is 20.3 Å². The molecule has 0 bridgehead atoms. The maximum atomic E-state index is 5.84. The third-order valence-corrected chi connectivity index (χ3v) is 3.67. The van der Waals surface area contributed by atoms with Crippen LogP contribution in [0.4, 0.5) is 5.82 Å². The minimum atomic E-state index is 0.403. The molecule has 1 heterocycles. The van der Waals surface area contributed by atoms with E-state index in [0.29, 0.717) is 27.6 Å². The van der Waals surface area contributed by atoms with Gasteiger partial charge in [0.05, 0.1) is 29.9 Å². The molecule has 0 aliphatic rings. The molecule has 1 aromatic heterocycles. The van der Waals surface area contributed by atoms with Crippen LogP contribution in [0, 0.1) is 6.92 Å². The second kappa shape index (κ2) is 5.44. The minimum absolute atomic E-state index is 0.403. The largest absolute Gasteiger partial charge is 0.497 e. The number of halogens is 1. The topological polar surface area (TPSA) is 70.3 Å². The summed E-state index contributed by atoms with van der Waals surface area (Å²) in [4.78, 5) is 8.68. The lowest BCUT2D eigenvalue weighted by atomic mass is 10.1. The molecule has 0 aliphatic heterocycles. The Bertz CT molecular complexity index is 594. The van der Waals surface area contributed by atoms with E-state index < -0.39 is 0 Å². The Kier molecular flexibility index (Phi) is 3.90. The first-order valence-electron chi connectivity index (χ1n) is 5.58. The van der Waals surface area contributed by atoms with Crippen LogP contribution in [0.5, 0.6) is 11.5 Å². The van der Waals surface area contributed by atoms with Gasteiger partial charge in [0.25, 0.3) is 0 Å². The minimum Gasteiger partial charge on any atom is -0.497 e. The summed E-state index contributed by atoms with van der Waals surface area (Å²) in [6, 6.07) is 5.46. The monoisotopic (exact) mass is 323 g/mol. The molecule has 2 N–H and O–H groups in total. The van der Waals surface area contributed by atoms with Gasteiger partial charge in [0.1, 0.15) is 17.3 Å². The summed E-state index contributed by atoms with van der Waals surface area (Å²) in [6.45, 7) is 1.86. The highest BCUT2D eigenvalue weighted by molar-refractivity contribution is 9.10. The van der Waals surface area contributed by atoms with E-state index in [-0.39, 0.29) is 0 Å². The number of benzene rings is 1. The molecule has 5 nitrogen and oxygen atoms in total. The quantitative estimate of drug-likeness (QED) is 0.940. The Balaban J connectivity index is 2.58. The molecule has 0 amide bonds. The average molecular weight is 324 g/mol. The van der Waals surface area contributed by atoms with E-state index in [2.05, 4.69) is 25.9 Å². The second-order valence-corrected chi connectivity index (χ2v) is 4.69. The predicted octanol–water partition coefficient (Wildman–Crippen LogP) is 2.81. The van der Waals surface area contributed by atoms with E-state index in [4.69, 9.17) is 15.2 Å². The fraction of sp³-hybridized carbons (Fsp3) is 0.231. The first-order chi connectivity index (χ1) is 9.06. The van der Waals surface area contributed by atoms with Crippen LogP contribution in [-0.2, 0) is 0 Å². The number of nitrogens with zero attached hydrogens (tertiary/aromatic N) is 2. The normalized spacial score (nSPS) is 10.3. The van der Waals surface area contributed by atoms with Crippen molar-refractivity contribution in [2.75, 3.05) is 20.0 Å². The zero-order chi connectivity index (χ0) is 14.0. The van der Waals surface area contributed by atoms with Gasteiger partial charge in [-0.2, -0.15) is 0 Å². The van der Waals surface area contributed by atoms with Gasteiger partial charge < -0.3 is 15.2 Å². The lowest BCUT2D eigenvalue weighted by Crippen LogP contribution is -2.01. The van der Waals surface area contributed by atoms with E-state index in [0.717, 1.165) is 11.3 Å². The summed E-state index contributed by atoms with van der Waals surface area (Å²) in [5.74, 6) is 2.28. The summed E-state index contributed by atoms with van der Waals surface area (Å²) in [6.07, 6.45) is 0. The molecular weight excluding hydrogens is 310 g/mol. The first-order valence-corrected chi connectivity index (χ1v) is 6.38. The molecule has 0 spiro atoms. The SMILES string of the molecule is COc1ccc(-c2nc(C)c(Br)c(N)n2)c(OC)c1. The molecule has 0 unspecified atom stereocenters. The van der Waals surface area contributed by atoms with Crippen LogP contribution in [0.2, 0.25) is 0 Å². The van der Waals surface area contributed by atoms with E-state index in [1.807, 2.05) is 19.1 Å². The molecule has 0 radical (unpaired) electrons. The zero-order valence-corrected chi connectivity index (χ0v) is 12.5. The van der Waals surface area contributed by atoms with Crippen molar-refractivity contribution in [2.45, 2.75) is 6.92 Å².